The topological polar surface area (TPSA) is 66.2 Å². The van der Waals surface area contributed by atoms with Crippen molar-refractivity contribution < 1.29 is 4.74 Å². The zero-order chi connectivity index (χ0) is 19.1. The summed E-state index contributed by atoms with van der Waals surface area (Å²) in [5, 5.41) is 6.75. The maximum atomic E-state index is 5.89. The minimum atomic E-state index is 0. The monoisotopic (exact) mass is 500 g/mol. The number of fused-ring (bicyclic) bond motifs is 1. The second kappa shape index (κ2) is 11.6. The Hall–Kier alpha value is -1.39. The zero-order valence-electron chi connectivity index (χ0n) is 17.1. The predicted octanol–water partition coefficient (Wildman–Crippen LogP) is 2.02. The summed E-state index contributed by atoms with van der Waals surface area (Å²) in [5.74, 6) is 1.49. The molecule has 0 spiro atoms. The average molecular weight is 500 g/mol. The van der Waals surface area contributed by atoms with Crippen molar-refractivity contribution in [3.63, 3.8) is 0 Å². The van der Waals surface area contributed by atoms with Gasteiger partial charge < -0.3 is 19.8 Å². The SMILES string of the molecule is CN=C(NCCc1cn2ccccc2n1)NCC1CN(CC(C)C)CCO1.I. The van der Waals surface area contributed by atoms with Crippen LogP contribution in [0, 0.1) is 5.92 Å². The van der Waals surface area contributed by atoms with Gasteiger partial charge in [0, 0.05) is 58.6 Å². The minimum absolute atomic E-state index is 0. The lowest BCUT2D eigenvalue weighted by molar-refractivity contribution is -0.0284. The van der Waals surface area contributed by atoms with Crippen molar-refractivity contribution >= 4 is 35.6 Å². The van der Waals surface area contributed by atoms with E-state index >= 15 is 0 Å². The van der Waals surface area contributed by atoms with E-state index in [9.17, 15) is 0 Å². The third kappa shape index (κ3) is 6.89. The number of imidazole rings is 1. The molecule has 1 fully saturated rings. The highest BCUT2D eigenvalue weighted by Crippen LogP contribution is 2.07. The predicted molar refractivity (Wildman–Crippen MR) is 125 cm³/mol. The molecule has 0 aromatic carbocycles. The number of ether oxygens (including phenoxy) is 1. The fraction of sp³-hybridized carbons (Fsp3) is 0.600. The Balaban J connectivity index is 0.00000280. The van der Waals surface area contributed by atoms with E-state index < -0.39 is 0 Å². The van der Waals surface area contributed by atoms with E-state index in [1.807, 2.05) is 28.8 Å². The highest BCUT2D eigenvalue weighted by molar-refractivity contribution is 14.0. The van der Waals surface area contributed by atoms with E-state index in [4.69, 9.17) is 4.74 Å². The number of nitrogens with zero attached hydrogens (tertiary/aromatic N) is 4. The molecule has 2 N–H and O–H groups in total. The number of aliphatic imine (C=N–C) groups is 1. The van der Waals surface area contributed by atoms with Crippen LogP contribution < -0.4 is 10.6 Å². The Bertz CT molecular complexity index is 714. The van der Waals surface area contributed by atoms with Gasteiger partial charge in [-0.15, -0.1) is 24.0 Å². The molecule has 1 saturated heterocycles. The fourth-order valence-electron chi connectivity index (χ4n) is 3.43. The summed E-state index contributed by atoms with van der Waals surface area (Å²) in [5.41, 5.74) is 2.06. The molecule has 0 saturated carbocycles. The molecule has 3 heterocycles. The molecule has 1 aliphatic rings. The van der Waals surface area contributed by atoms with Crippen LogP contribution in [0.2, 0.25) is 0 Å². The number of rotatable bonds is 7. The molecule has 28 heavy (non-hydrogen) atoms. The molecule has 1 unspecified atom stereocenters. The van der Waals surface area contributed by atoms with Crippen LogP contribution in [0.15, 0.2) is 35.6 Å². The summed E-state index contributed by atoms with van der Waals surface area (Å²) in [6.45, 7) is 10.0. The van der Waals surface area contributed by atoms with Gasteiger partial charge in [-0.3, -0.25) is 9.89 Å². The zero-order valence-corrected chi connectivity index (χ0v) is 19.4. The maximum Gasteiger partial charge on any atom is 0.191 e. The molecule has 3 rings (SSSR count). The van der Waals surface area contributed by atoms with Gasteiger partial charge in [-0.1, -0.05) is 19.9 Å². The molecule has 1 atom stereocenters. The molecule has 0 amide bonds. The first-order chi connectivity index (χ1) is 13.1. The van der Waals surface area contributed by atoms with Crippen LogP contribution in [0.3, 0.4) is 0 Å². The molecule has 0 bridgehead atoms. The first-order valence-electron chi connectivity index (χ1n) is 9.85. The van der Waals surface area contributed by atoms with E-state index in [2.05, 4.69) is 45.6 Å². The van der Waals surface area contributed by atoms with E-state index in [1.54, 1.807) is 7.05 Å². The van der Waals surface area contributed by atoms with Gasteiger partial charge in [-0.2, -0.15) is 0 Å². The third-order valence-corrected chi connectivity index (χ3v) is 4.65. The van der Waals surface area contributed by atoms with Crippen molar-refractivity contribution in [2.45, 2.75) is 26.4 Å². The van der Waals surface area contributed by atoms with Gasteiger partial charge in [0.25, 0.3) is 0 Å². The average Bonchev–Trinajstić information content (AvgIpc) is 3.07. The highest BCUT2D eigenvalue weighted by atomic mass is 127. The Morgan fingerprint density at radius 3 is 2.96 bits per heavy atom. The van der Waals surface area contributed by atoms with E-state index in [1.165, 1.54) is 0 Å². The number of halogens is 1. The fourth-order valence-corrected chi connectivity index (χ4v) is 3.43. The van der Waals surface area contributed by atoms with Crippen molar-refractivity contribution in [3.05, 3.63) is 36.3 Å². The van der Waals surface area contributed by atoms with Crippen molar-refractivity contribution in [1.82, 2.24) is 24.9 Å². The maximum absolute atomic E-state index is 5.89. The van der Waals surface area contributed by atoms with Gasteiger partial charge in [-0.25, -0.2) is 4.98 Å². The first kappa shape index (κ1) is 22.9. The van der Waals surface area contributed by atoms with Crippen molar-refractivity contribution in [3.8, 4) is 0 Å². The molecule has 156 valence electrons. The molecule has 0 radical (unpaired) electrons. The van der Waals surface area contributed by atoms with Gasteiger partial charge in [0.05, 0.1) is 18.4 Å². The van der Waals surface area contributed by atoms with Gasteiger partial charge in [0.1, 0.15) is 5.65 Å². The number of pyridine rings is 1. The van der Waals surface area contributed by atoms with Gasteiger partial charge >= 0.3 is 0 Å². The van der Waals surface area contributed by atoms with Gasteiger partial charge in [0.2, 0.25) is 0 Å². The van der Waals surface area contributed by atoms with Crippen molar-refractivity contribution in [2.24, 2.45) is 10.9 Å². The van der Waals surface area contributed by atoms with Crippen LogP contribution in [0.5, 0.6) is 0 Å². The van der Waals surface area contributed by atoms with Crippen LogP contribution in [0.25, 0.3) is 5.65 Å². The quantitative estimate of drug-likeness (QED) is 0.346. The number of guanidine groups is 1. The number of hydrogen-bond acceptors (Lipinski definition) is 4. The van der Waals surface area contributed by atoms with E-state index in [0.29, 0.717) is 5.92 Å². The van der Waals surface area contributed by atoms with Crippen LogP contribution in [-0.4, -0.2) is 72.7 Å². The second-order valence-electron chi connectivity index (χ2n) is 7.47. The van der Waals surface area contributed by atoms with Crippen LogP contribution in [0.4, 0.5) is 0 Å². The smallest absolute Gasteiger partial charge is 0.191 e. The number of hydrogen-bond donors (Lipinski definition) is 2. The lowest BCUT2D eigenvalue weighted by atomic mass is 10.2. The first-order valence-corrected chi connectivity index (χ1v) is 9.85. The summed E-state index contributed by atoms with van der Waals surface area (Å²) < 4.78 is 7.94. The van der Waals surface area contributed by atoms with Crippen LogP contribution in [-0.2, 0) is 11.2 Å². The molecule has 2 aromatic rings. The second-order valence-corrected chi connectivity index (χ2v) is 7.47. The summed E-state index contributed by atoms with van der Waals surface area (Å²) in [4.78, 5) is 11.4. The molecule has 1 aliphatic heterocycles. The molecule has 0 aliphatic carbocycles. The van der Waals surface area contributed by atoms with E-state index in [0.717, 1.165) is 63.1 Å². The number of aromatic nitrogens is 2. The molecular formula is C20H33IN6O. The van der Waals surface area contributed by atoms with Crippen molar-refractivity contribution in [1.29, 1.82) is 0 Å². The number of nitrogens with one attached hydrogen (secondary N) is 2. The van der Waals surface area contributed by atoms with Crippen molar-refractivity contribution in [2.75, 3.05) is 46.4 Å². The summed E-state index contributed by atoms with van der Waals surface area (Å²) >= 11 is 0. The van der Waals surface area contributed by atoms with Crippen LogP contribution in [0.1, 0.15) is 19.5 Å². The molecule has 7 nitrogen and oxygen atoms in total. The molecular weight excluding hydrogens is 467 g/mol. The summed E-state index contributed by atoms with van der Waals surface area (Å²) in [7, 11) is 1.80. The Morgan fingerprint density at radius 1 is 1.36 bits per heavy atom. The largest absolute Gasteiger partial charge is 0.374 e. The Morgan fingerprint density at radius 2 is 2.21 bits per heavy atom. The third-order valence-electron chi connectivity index (χ3n) is 4.65. The van der Waals surface area contributed by atoms with Crippen LogP contribution >= 0.6 is 24.0 Å². The van der Waals surface area contributed by atoms with E-state index in [-0.39, 0.29) is 30.1 Å². The minimum Gasteiger partial charge on any atom is -0.374 e. The standard InChI is InChI=1S/C20H32N6O.HI/c1-16(2)13-25-10-11-27-18(15-25)12-23-20(21-3)22-8-7-17-14-26-9-5-4-6-19(26)24-17;/h4-6,9,14,16,18H,7-8,10-13,15H2,1-3H3,(H2,21,22,23);1H. The normalized spacial score (nSPS) is 18.3. The Kier molecular flexibility index (Phi) is 9.46. The summed E-state index contributed by atoms with van der Waals surface area (Å²) in [6.07, 6.45) is 5.15. The van der Waals surface area contributed by atoms with Gasteiger partial charge in [0.15, 0.2) is 5.96 Å². The summed E-state index contributed by atoms with van der Waals surface area (Å²) in [6, 6.07) is 6.04. The lowest BCUT2D eigenvalue weighted by Gasteiger charge is -2.34. The Labute approximate surface area is 185 Å². The van der Waals surface area contributed by atoms with Gasteiger partial charge in [-0.05, 0) is 18.1 Å². The lowest BCUT2D eigenvalue weighted by Crippen LogP contribution is -2.50. The molecule has 2 aromatic heterocycles. The molecule has 8 heteroatoms. The highest BCUT2D eigenvalue weighted by Gasteiger charge is 2.21. The number of morpholine rings is 1.